The normalized spacial score (nSPS) is 15.1. The van der Waals surface area contributed by atoms with E-state index >= 15 is 0 Å². The summed E-state index contributed by atoms with van der Waals surface area (Å²) in [5.41, 5.74) is 1.06. The Hall–Kier alpha value is -2.74. The number of para-hydroxylation sites is 2. The number of carbonyl (C=O) groups is 2. The van der Waals surface area contributed by atoms with E-state index in [1.54, 1.807) is 11.0 Å². The first kappa shape index (κ1) is 19.0. The van der Waals surface area contributed by atoms with Crippen LogP contribution in [-0.2, 0) is 16.1 Å². The minimum absolute atomic E-state index is 0.00114. The Morgan fingerprint density at radius 3 is 2.59 bits per heavy atom. The molecule has 1 aromatic carbocycles. The van der Waals surface area contributed by atoms with Crippen molar-refractivity contribution in [3.8, 4) is 0 Å². The van der Waals surface area contributed by atoms with Gasteiger partial charge in [0.15, 0.2) is 0 Å². The smallest absolute Gasteiger partial charge is 0.269 e. The molecule has 1 N–H and O–H groups in total. The molecular formula is C19H25N5O3. The second-order valence-corrected chi connectivity index (χ2v) is 6.68. The largest absolute Gasteiger partial charge is 0.355 e. The molecule has 2 heterocycles. The lowest BCUT2D eigenvalue weighted by atomic mass is 10.2. The fraction of sp³-hybridized carbons (Fsp3) is 0.474. The highest BCUT2D eigenvalue weighted by molar-refractivity contribution is 5.80. The van der Waals surface area contributed by atoms with Gasteiger partial charge in [0.25, 0.3) is 5.56 Å². The highest BCUT2D eigenvalue weighted by Gasteiger charge is 2.23. The van der Waals surface area contributed by atoms with Crippen molar-refractivity contribution in [3.05, 3.63) is 40.8 Å². The lowest BCUT2D eigenvalue weighted by molar-refractivity contribution is -0.133. The van der Waals surface area contributed by atoms with Crippen molar-refractivity contribution in [3.63, 3.8) is 0 Å². The zero-order valence-electron chi connectivity index (χ0n) is 15.6. The molecule has 2 aromatic rings. The average molecular weight is 371 g/mol. The Labute approximate surface area is 157 Å². The summed E-state index contributed by atoms with van der Waals surface area (Å²) in [5.74, 6) is -0.0741. The predicted molar refractivity (Wildman–Crippen MR) is 102 cm³/mol. The number of benzene rings is 1. The third-order valence-corrected chi connectivity index (χ3v) is 4.71. The third-order valence-electron chi connectivity index (χ3n) is 4.71. The molecule has 3 rings (SSSR count). The van der Waals surface area contributed by atoms with Crippen LogP contribution in [0.25, 0.3) is 11.0 Å². The van der Waals surface area contributed by atoms with Gasteiger partial charge in [-0.1, -0.05) is 19.1 Å². The van der Waals surface area contributed by atoms with Crippen molar-refractivity contribution < 1.29 is 9.59 Å². The molecule has 0 spiro atoms. The summed E-state index contributed by atoms with van der Waals surface area (Å²) >= 11 is 0. The molecule has 0 unspecified atom stereocenters. The SMILES string of the molecule is CCCNC(=O)CN1CCN(C(=O)Cn2c(=O)cnc3ccccc32)CC1. The number of carbonyl (C=O) groups excluding carboxylic acids is 2. The van der Waals surface area contributed by atoms with Crippen LogP contribution in [0.15, 0.2) is 35.3 Å². The predicted octanol–water partition coefficient (Wildman–Crippen LogP) is 0.0669. The topological polar surface area (TPSA) is 87.5 Å². The van der Waals surface area contributed by atoms with Crippen LogP contribution >= 0.6 is 0 Å². The van der Waals surface area contributed by atoms with E-state index < -0.39 is 0 Å². The molecule has 1 saturated heterocycles. The lowest BCUT2D eigenvalue weighted by Gasteiger charge is -2.34. The number of hydrogen-bond acceptors (Lipinski definition) is 5. The van der Waals surface area contributed by atoms with Crippen molar-refractivity contribution in [1.29, 1.82) is 0 Å². The minimum Gasteiger partial charge on any atom is -0.355 e. The Bertz CT molecular complexity index is 871. The number of rotatable bonds is 6. The molecule has 2 amide bonds. The number of aromatic nitrogens is 2. The van der Waals surface area contributed by atoms with Gasteiger partial charge in [-0.2, -0.15) is 0 Å². The summed E-state index contributed by atoms with van der Waals surface area (Å²) in [6.45, 7) is 5.47. The van der Waals surface area contributed by atoms with Crippen LogP contribution in [-0.4, -0.2) is 70.4 Å². The molecule has 1 aliphatic heterocycles. The van der Waals surface area contributed by atoms with Crippen molar-refractivity contribution in [2.75, 3.05) is 39.3 Å². The highest BCUT2D eigenvalue weighted by atomic mass is 16.2. The first-order chi connectivity index (χ1) is 13.1. The van der Waals surface area contributed by atoms with Crippen LogP contribution in [0.5, 0.6) is 0 Å². The second-order valence-electron chi connectivity index (χ2n) is 6.68. The molecule has 144 valence electrons. The minimum atomic E-state index is -0.284. The zero-order valence-corrected chi connectivity index (χ0v) is 15.6. The molecule has 27 heavy (non-hydrogen) atoms. The van der Waals surface area contributed by atoms with Gasteiger partial charge < -0.3 is 10.2 Å². The van der Waals surface area contributed by atoms with Gasteiger partial charge in [-0.25, -0.2) is 4.98 Å². The van der Waals surface area contributed by atoms with Gasteiger partial charge in [-0.3, -0.25) is 23.9 Å². The standard InChI is InChI=1S/C19H25N5O3/c1-2-7-20-17(25)13-22-8-10-23(11-9-22)19(27)14-24-16-6-4-3-5-15(16)21-12-18(24)26/h3-6,12H,2,7-11,13-14H2,1H3,(H,20,25). The van der Waals surface area contributed by atoms with Gasteiger partial charge >= 0.3 is 0 Å². The van der Waals surface area contributed by atoms with Crippen LogP contribution in [0.1, 0.15) is 13.3 Å². The maximum Gasteiger partial charge on any atom is 0.269 e. The molecule has 0 aliphatic carbocycles. The molecule has 1 fully saturated rings. The maximum atomic E-state index is 12.7. The summed E-state index contributed by atoms with van der Waals surface area (Å²) in [4.78, 5) is 44.6. The van der Waals surface area contributed by atoms with Crippen molar-refractivity contribution >= 4 is 22.8 Å². The van der Waals surface area contributed by atoms with Crippen LogP contribution < -0.4 is 10.9 Å². The Balaban J connectivity index is 1.59. The fourth-order valence-electron chi connectivity index (χ4n) is 3.19. The van der Waals surface area contributed by atoms with E-state index in [1.165, 1.54) is 10.8 Å². The molecule has 8 heteroatoms. The number of nitrogens with one attached hydrogen (secondary N) is 1. The van der Waals surface area contributed by atoms with E-state index in [-0.39, 0.29) is 23.9 Å². The Morgan fingerprint density at radius 2 is 1.85 bits per heavy atom. The summed E-state index contributed by atoms with van der Waals surface area (Å²) in [5, 5.41) is 2.86. The molecule has 0 bridgehead atoms. The quantitative estimate of drug-likeness (QED) is 0.776. The highest BCUT2D eigenvalue weighted by Crippen LogP contribution is 2.09. The fourth-order valence-corrected chi connectivity index (χ4v) is 3.19. The Kier molecular flexibility index (Phi) is 6.18. The van der Waals surface area contributed by atoms with E-state index in [2.05, 4.69) is 10.3 Å². The lowest BCUT2D eigenvalue weighted by Crippen LogP contribution is -2.52. The molecule has 1 aromatic heterocycles. The molecule has 0 atom stereocenters. The van der Waals surface area contributed by atoms with Crippen molar-refractivity contribution in [2.24, 2.45) is 0 Å². The zero-order chi connectivity index (χ0) is 19.2. The van der Waals surface area contributed by atoms with Crippen LogP contribution in [0.2, 0.25) is 0 Å². The van der Waals surface area contributed by atoms with E-state index in [9.17, 15) is 14.4 Å². The van der Waals surface area contributed by atoms with Gasteiger partial charge in [-0.15, -0.1) is 0 Å². The number of amides is 2. The van der Waals surface area contributed by atoms with Crippen LogP contribution in [0.3, 0.4) is 0 Å². The first-order valence-corrected chi connectivity index (χ1v) is 9.30. The van der Waals surface area contributed by atoms with Gasteiger partial charge in [0.2, 0.25) is 11.8 Å². The third kappa shape index (κ3) is 4.71. The maximum absolute atomic E-state index is 12.7. The summed E-state index contributed by atoms with van der Waals surface area (Å²) in [6, 6.07) is 7.29. The van der Waals surface area contributed by atoms with E-state index in [4.69, 9.17) is 0 Å². The molecular weight excluding hydrogens is 346 g/mol. The molecule has 1 aliphatic rings. The van der Waals surface area contributed by atoms with Gasteiger partial charge in [0.05, 0.1) is 23.8 Å². The van der Waals surface area contributed by atoms with Crippen LogP contribution in [0.4, 0.5) is 0 Å². The van der Waals surface area contributed by atoms with Crippen LogP contribution in [0, 0.1) is 0 Å². The second kappa shape index (κ2) is 8.77. The number of piperazine rings is 1. The first-order valence-electron chi connectivity index (χ1n) is 9.30. The average Bonchev–Trinajstić information content (AvgIpc) is 2.69. The molecule has 0 radical (unpaired) electrons. The number of hydrogen-bond donors (Lipinski definition) is 1. The number of fused-ring (bicyclic) bond motifs is 1. The summed E-state index contributed by atoms with van der Waals surface area (Å²) in [6.07, 6.45) is 2.17. The summed E-state index contributed by atoms with van der Waals surface area (Å²) in [7, 11) is 0. The van der Waals surface area contributed by atoms with E-state index in [0.717, 1.165) is 6.42 Å². The number of nitrogens with zero attached hydrogens (tertiary/aromatic N) is 4. The molecule has 8 nitrogen and oxygen atoms in total. The molecule has 0 saturated carbocycles. The van der Waals surface area contributed by atoms with E-state index in [0.29, 0.717) is 50.3 Å². The Morgan fingerprint density at radius 1 is 1.11 bits per heavy atom. The van der Waals surface area contributed by atoms with Gasteiger partial charge in [-0.05, 0) is 18.6 Å². The van der Waals surface area contributed by atoms with Gasteiger partial charge in [0.1, 0.15) is 6.54 Å². The van der Waals surface area contributed by atoms with E-state index in [1.807, 2.05) is 30.0 Å². The monoisotopic (exact) mass is 371 g/mol. The summed E-state index contributed by atoms with van der Waals surface area (Å²) < 4.78 is 1.47. The van der Waals surface area contributed by atoms with Crippen molar-refractivity contribution in [1.82, 2.24) is 24.7 Å². The van der Waals surface area contributed by atoms with Crippen molar-refractivity contribution in [2.45, 2.75) is 19.9 Å². The van der Waals surface area contributed by atoms with Gasteiger partial charge in [0, 0.05) is 32.7 Å².